The number of likely N-dealkylation sites (N-methyl/N-ethyl adjacent to an activating group) is 1. The number of amides is 1. The first kappa shape index (κ1) is 16.6. The Morgan fingerprint density at radius 1 is 1.50 bits per heavy atom. The summed E-state index contributed by atoms with van der Waals surface area (Å²) >= 11 is 0. The van der Waals surface area contributed by atoms with Crippen molar-refractivity contribution in [3.8, 4) is 0 Å². The number of hydrogen-bond acceptors (Lipinski definition) is 4. The highest BCUT2D eigenvalue weighted by atomic mass is 32.2. The molecule has 2 N–H and O–H groups in total. The number of sulfonamides is 1. The van der Waals surface area contributed by atoms with Gasteiger partial charge in [-0.05, 0) is 5.92 Å². The fourth-order valence-corrected chi connectivity index (χ4v) is 2.54. The number of imidazole rings is 1. The van der Waals surface area contributed by atoms with Crippen LogP contribution in [-0.2, 0) is 21.2 Å². The third kappa shape index (κ3) is 4.31. The Kier molecular flexibility index (Phi) is 5.70. The molecule has 0 saturated heterocycles. The maximum Gasteiger partial charge on any atom is 0.260 e. The number of rotatable bonds is 7. The van der Waals surface area contributed by atoms with Gasteiger partial charge in [-0.1, -0.05) is 20.8 Å². The van der Waals surface area contributed by atoms with Gasteiger partial charge in [-0.2, -0.15) is 4.31 Å². The summed E-state index contributed by atoms with van der Waals surface area (Å²) in [6.07, 6.45) is 1.89. The zero-order valence-corrected chi connectivity index (χ0v) is 13.1. The van der Waals surface area contributed by atoms with Crippen molar-refractivity contribution in [1.82, 2.24) is 19.6 Å². The predicted molar refractivity (Wildman–Crippen MR) is 75.6 cm³/mol. The summed E-state index contributed by atoms with van der Waals surface area (Å²) in [5.74, 6) is 0.599. The van der Waals surface area contributed by atoms with Crippen LogP contribution in [0.1, 0.15) is 26.6 Å². The smallest absolute Gasteiger partial charge is 0.260 e. The second kappa shape index (κ2) is 6.85. The average molecular weight is 302 g/mol. The molecule has 0 saturated carbocycles. The molecule has 1 aromatic heterocycles. The lowest BCUT2D eigenvalue weighted by Gasteiger charge is -2.16. The number of nitrogens with one attached hydrogen (secondary N) is 2. The Labute approximate surface area is 119 Å². The van der Waals surface area contributed by atoms with E-state index in [9.17, 15) is 13.2 Å². The van der Waals surface area contributed by atoms with Crippen LogP contribution in [0.3, 0.4) is 0 Å². The number of nitrogens with zero attached hydrogens (tertiary/aromatic N) is 2. The van der Waals surface area contributed by atoms with Gasteiger partial charge >= 0.3 is 0 Å². The summed E-state index contributed by atoms with van der Waals surface area (Å²) in [5, 5.41) is 2.69. The lowest BCUT2D eigenvalue weighted by Crippen LogP contribution is -2.39. The highest BCUT2D eigenvalue weighted by Crippen LogP contribution is 2.11. The third-order valence-corrected chi connectivity index (χ3v) is 4.42. The summed E-state index contributed by atoms with van der Waals surface area (Å²) in [7, 11) is -2.34. The number of aromatic nitrogens is 2. The van der Waals surface area contributed by atoms with Crippen LogP contribution in [0.5, 0.6) is 0 Å². The molecule has 0 radical (unpaired) electrons. The Hall–Kier alpha value is -1.41. The summed E-state index contributed by atoms with van der Waals surface area (Å²) in [5.41, 5.74) is 0. The standard InChI is InChI=1S/C12H22N4O3S/c1-5-10-13-7-12(15-10)20(18,19)16(4)8-11(17)14-6-9(2)3/h7,9H,5-6,8H2,1-4H3,(H,13,15)(H,14,17). The predicted octanol–water partition coefficient (Wildman–Crippen LogP) is 0.365. The highest BCUT2D eigenvalue weighted by molar-refractivity contribution is 7.89. The van der Waals surface area contributed by atoms with Gasteiger partial charge < -0.3 is 10.3 Å². The van der Waals surface area contributed by atoms with E-state index in [2.05, 4.69) is 15.3 Å². The van der Waals surface area contributed by atoms with Crippen LogP contribution in [0.4, 0.5) is 0 Å². The molecule has 0 aromatic carbocycles. The fourth-order valence-electron chi connectivity index (χ4n) is 1.48. The summed E-state index contributed by atoms with van der Waals surface area (Å²) < 4.78 is 25.4. The number of carbonyl (C=O) groups is 1. The van der Waals surface area contributed by atoms with E-state index in [0.717, 1.165) is 4.31 Å². The van der Waals surface area contributed by atoms with Gasteiger partial charge in [0.25, 0.3) is 10.0 Å². The lowest BCUT2D eigenvalue weighted by molar-refractivity contribution is -0.121. The van der Waals surface area contributed by atoms with Crippen LogP contribution < -0.4 is 5.32 Å². The molecule has 8 heteroatoms. The van der Waals surface area contributed by atoms with Crippen LogP contribution in [0.15, 0.2) is 11.2 Å². The Balaban J connectivity index is 2.70. The summed E-state index contributed by atoms with van der Waals surface area (Å²) in [6.45, 7) is 6.12. The van der Waals surface area contributed by atoms with E-state index >= 15 is 0 Å². The van der Waals surface area contributed by atoms with E-state index < -0.39 is 10.0 Å². The molecule has 20 heavy (non-hydrogen) atoms. The maximum absolute atomic E-state index is 12.2. The van der Waals surface area contributed by atoms with Crippen LogP contribution in [0.25, 0.3) is 0 Å². The topological polar surface area (TPSA) is 95.2 Å². The van der Waals surface area contributed by atoms with Crippen LogP contribution >= 0.6 is 0 Å². The Morgan fingerprint density at radius 3 is 2.65 bits per heavy atom. The lowest BCUT2D eigenvalue weighted by atomic mass is 10.2. The van der Waals surface area contributed by atoms with Gasteiger partial charge in [-0.25, -0.2) is 13.4 Å². The summed E-state index contributed by atoms with van der Waals surface area (Å²) in [6, 6.07) is 0. The molecule has 1 aromatic rings. The largest absolute Gasteiger partial charge is 0.355 e. The zero-order chi connectivity index (χ0) is 15.3. The molecule has 0 bridgehead atoms. The van der Waals surface area contributed by atoms with Crippen molar-refractivity contribution in [3.63, 3.8) is 0 Å². The van der Waals surface area contributed by atoms with Crippen molar-refractivity contribution in [1.29, 1.82) is 0 Å². The van der Waals surface area contributed by atoms with Gasteiger partial charge in [-0.15, -0.1) is 0 Å². The third-order valence-electron chi connectivity index (χ3n) is 2.70. The SMILES string of the molecule is CCc1ncc(S(=O)(=O)N(C)CC(=O)NCC(C)C)[nH]1. The van der Waals surface area contributed by atoms with E-state index in [1.54, 1.807) is 0 Å². The number of H-pyrrole nitrogens is 1. The van der Waals surface area contributed by atoms with Crippen molar-refractivity contribution in [2.24, 2.45) is 5.92 Å². The first-order valence-electron chi connectivity index (χ1n) is 6.54. The minimum Gasteiger partial charge on any atom is -0.355 e. The molecular weight excluding hydrogens is 280 g/mol. The second-order valence-corrected chi connectivity index (χ2v) is 7.02. The molecule has 0 atom stereocenters. The molecule has 0 aliphatic heterocycles. The number of aryl methyl sites for hydroxylation is 1. The molecule has 7 nitrogen and oxygen atoms in total. The molecule has 114 valence electrons. The zero-order valence-electron chi connectivity index (χ0n) is 12.3. The van der Waals surface area contributed by atoms with Crippen LogP contribution in [-0.4, -0.2) is 48.7 Å². The van der Waals surface area contributed by atoms with Crippen molar-refractivity contribution in [2.75, 3.05) is 20.1 Å². The molecular formula is C12H22N4O3S. The van der Waals surface area contributed by atoms with Gasteiger partial charge in [0.1, 0.15) is 5.82 Å². The molecule has 1 amide bonds. The average Bonchev–Trinajstić information content (AvgIpc) is 2.85. The Bertz CT molecular complexity index is 551. The molecule has 0 aliphatic rings. The highest BCUT2D eigenvalue weighted by Gasteiger charge is 2.24. The quantitative estimate of drug-likeness (QED) is 0.760. The minimum absolute atomic E-state index is 0.00788. The number of hydrogen-bond donors (Lipinski definition) is 2. The molecule has 1 rings (SSSR count). The van der Waals surface area contributed by atoms with Crippen molar-refractivity contribution >= 4 is 15.9 Å². The molecule has 1 heterocycles. The first-order chi connectivity index (χ1) is 9.27. The minimum atomic E-state index is -3.71. The molecule has 0 aliphatic carbocycles. The molecule has 0 spiro atoms. The summed E-state index contributed by atoms with van der Waals surface area (Å²) in [4.78, 5) is 18.3. The van der Waals surface area contributed by atoms with Gasteiger partial charge in [-0.3, -0.25) is 4.79 Å². The van der Waals surface area contributed by atoms with Gasteiger partial charge in [0.15, 0.2) is 5.03 Å². The maximum atomic E-state index is 12.2. The van der Waals surface area contributed by atoms with E-state index in [-0.39, 0.29) is 17.5 Å². The normalized spacial score (nSPS) is 12.1. The van der Waals surface area contributed by atoms with Gasteiger partial charge in [0.2, 0.25) is 5.91 Å². The van der Waals surface area contributed by atoms with Gasteiger partial charge in [0.05, 0.1) is 12.7 Å². The second-order valence-electron chi connectivity index (χ2n) is 5.01. The van der Waals surface area contributed by atoms with Crippen LogP contribution in [0.2, 0.25) is 0 Å². The van der Waals surface area contributed by atoms with E-state index in [1.807, 2.05) is 20.8 Å². The Morgan fingerprint density at radius 2 is 2.15 bits per heavy atom. The molecule has 0 unspecified atom stereocenters. The van der Waals surface area contributed by atoms with Crippen molar-refractivity contribution < 1.29 is 13.2 Å². The molecule has 0 fully saturated rings. The monoisotopic (exact) mass is 302 g/mol. The van der Waals surface area contributed by atoms with E-state index in [0.29, 0.717) is 24.7 Å². The first-order valence-corrected chi connectivity index (χ1v) is 7.98. The van der Waals surface area contributed by atoms with E-state index in [4.69, 9.17) is 0 Å². The number of aromatic amines is 1. The fraction of sp³-hybridized carbons (Fsp3) is 0.667. The number of carbonyl (C=O) groups excluding carboxylic acids is 1. The van der Waals surface area contributed by atoms with E-state index in [1.165, 1.54) is 13.2 Å². The van der Waals surface area contributed by atoms with Crippen molar-refractivity contribution in [2.45, 2.75) is 32.2 Å². The van der Waals surface area contributed by atoms with Gasteiger partial charge in [0, 0.05) is 20.0 Å². The van der Waals surface area contributed by atoms with Crippen molar-refractivity contribution in [3.05, 3.63) is 12.0 Å². The van der Waals surface area contributed by atoms with Crippen LogP contribution in [0, 0.1) is 5.92 Å².